The molecular weight excluding hydrogens is 883 g/mol. The summed E-state index contributed by atoms with van der Waals surface area (Å²) in [6.45, 7) is 9.17. The molecule has 3 atom stereocenters. The van der Waals surface area contributed by atoms with E-state index in [0.717, 1.165) is 78.0 Å². The molecule has 0 bridgehead atoms. The summed E-state index contributed by atoms with van der Waals surface area (Å²) in [5.41, 5.74) is 10.8. The number of amides is 4. The van der Waals surface area contributed by atoms with Crippen LogP contribution in [0.15, 0.2) is 115 Å². The van der Waals surface area contributed by atoms with Crippen LogP contribution in [0.3, 0.4) is 0 Å². The van der Waals surface area contributed by atoms with Crippen molar-refractivity contribution in [2.24, 2.45) is 5.92 Å². The van der Waals surface area contributed by atoms with Crippen molar-refractivity contribution in [3.05, 3.63) is 143 Å². The second-order valence-corrected chi connectivity index (χ2v) is 19.3. The molecule has 0 spiro atoms. The number of nitrogens with one attached hydrogen (secondary N) is 2. The van der Waals surface area contributed by atoms with Gasteiger partial charge in [-0.3, -0.25) is 19.2 Å². The highest BCUT2D eigenvalue weighted by atomic mass is 32.1. The summed E-state index contributed by atoms with van der Waals surface area (Å²) in [5, 5.41) is 16.4. The first-order valence-corrected chi connectivity index (χ1v) is 25.7. The summed E-state index contributed by atoms with van der Waals surface area (Å²) in [4.78, 5) is 61.7. The van der Waals surface area contributed by atoms with Gasteiger partial charge in [0.15, 0.2) is 0 Å². The molecule has 1 saturated heterocycles. The molecule has 12 heteroatoms. The number of carbonyl (C=O) groups is 4. The van der Waals surface area contributed by atoms with Crippen LogP contribution in [-0.4, -0.2) is 88.5 Å². The van der Waals surface area contributed by atoms with Gasteiger partial charge in [0.25, 0.3) is 0 Å². The lowest BCUT2D eigenvalue weighted by atomic mass is 9.88. The minimum atomic E-state index is -0.823. The maximum atomic E-state index is 13.8. The van der Waals surface area contributed by atoms with Gasteiger partial charge in [-0.1, -0.05) is 150 Å². The molecular formula is C57H71N5O6S. The highest BCUT2D eigenvalue weighted by Crippen LogP contribution is 2.35. The zero-order chi connectivity index (χ0) is 49.1. The van der Waals surface area contributed by atoms with Crippen molar-refractivity contribution in [1.82, 2.24) is 25.4 Å². The van der Waals surface area contributed by atoms with E-state index in [9.17, 15) is 24.3 Å². The molecule has 366 valence electrons. The predicted octanol–water partition coefficient (Wildman–Crippen LogP) is 10.3. The molecule has 0 radical (unpaired) electrons. The molecule has 5 aromatic rings. The largest absolute Gasteiger partial charge is 0.492 e. The Morgan fingerprint density at radius 2 is 1.42 bits per heavy atom. The third-order valence-electron chi connectivity index (χ3n) is 12.9. The minimum absolute atomic E-state index is 0.0418. The van der Waals surface area contributed by atoms with Gasteiger partial charge in [0.2, 0.25) is 23.6 Å². The number of ether oxygens (including phenoxy) is 1. The van der Waals surface area contributed by atoms with Gasteiger partial charge in [-0.2, -0.15) is 0 Å². The van der Waals surface area contributed by atoms with Crippen molar-refractivity contribution in [2.75, 3.05) is 26.7 Å². The number of aromatic nitrogens is 1. The van der Waals surface area contributed by atoms with Gasteiger partial charge in [-0.15, -0.1) is 11.3 Å². The lowest BCUT2D eigenvalue weighted by Crippen LogP contribution is -2.55. The fourth-order valence-corrected chi connectivity index (χ4v) is 9.78. The van der Waals surface area contributed by atoms with Crippen LogP contribution in [0.1, 0.15) is 119 Å². The third-order valence-corrected chi connectivity index (χ3v) is 13.9. The Hall–Kier alpha value is -6.11. The van der Waals surface area contributed by atoms with E-state index in [2.05, 4.69) is 83.2 Å². The van der Waals surface area contributed by atoms with Crippen LogP contribution in [0.5, 0.6) is 5.75 Å². The van der Waals surface area contributed by atoms with E-state index in [1.165, 1.54) is 27.2 Å². The first-order valence-electron chi connectivity index (χ1n) is 24.8. The maximum Gasteiger partial charge on any atom is 0.246 e. The van der Waals surface area contributed by atoms with Crippen LogP contribution < -0.4 is 15.4 Å². The molecule has 0 unspecified atom stereocenters. The quantitative estimate of drug-likeness (QED) is 0.0391. The highest BCUT2D eigenvalue weighted by Gasteiger charge is 2.42. The Bertz CT molecular complexity index is 2440. The number of likely N-dealkylation sites (N-methyl/N-ethyl adjacent to an activating group) is 1. The number of likely N-dealkylation sites (tertiary alicyclic amines) is 1. The Kier molecular flexibility index (Phi) is 20.1. The van der Waals surface area contributed by atoms with Gasteiger partial charge in [0.1, 0.15) is 24.4 Å². The molecule has 2 heterocycles. The van der Waals surface area contributed by atoms with Crippen molar-refractivity contribution in [3.63, 3.8) is 0 Å². The molecule has 0 saturated carbocycles. The molecule has 4 aromatic carbocycles. The smallest absolute Gasteiger partial charge is 0.246 e. The first kappa shape index (κ1) is 52.3. The number of nitrogens with zero attached hydrogens (tertiary/aromatic N) is 3. The minimum Gasteiger partial charge on any atom is -0.492 e. The zero-order valence-corrected chi connectivity index (χ0v) is 41.9. The van der Waals surface area contributed by atoms with E-state index in [1.54, 1.807) is 16.2 Å². The number of aliphatic hydroxyl groups excluding tert-OH is 1. The number of aryl methyl sites for hydroxylation is 1. The molecule has 1 fully saturated rings. The van der Waals surface area contributed by atoms with Gasteiger partial charge in [0, 0.05) is 39.4 Å². The van der Waals surface area contributed by atoms with Crippen LogP contribution >= 0.6 is 11.3 Å². The SMILES string of the molecule is CC/C(=C(\c1ccccc1)c1ccc(OCCN(C)C(=O)CCCCCCCCCC(=O)N[C@H](C(=O)N2C[C@H](O)C[C@H]2C(=O)NCc2ccc(-c3scnc3C)cc2)C(C)C)cc1)c1ccccc1. The van der Waals surface area contributed by atoms with Crippen molar-refractivity contribution < 1.29 is 29.0 Å². The number of benzene rings is 4. The number of allylic oxidation sites excluding steroid dienone is 1. The summed E-state index contributed by atoms with van der Waals surface area (Å²) in [6, 6.07) is 35.6. The number of thiazole rings is 1. The van der Waals surface area contributed by atoms with Gasteiger partial charge in [-0.25, -0.2) is 4.98 Å². The van der Waals surface area contributed by atoms with E-state index < -0.39 is 18.2 Å². The van der Waals surface area contributed by atoms with Crippen LogP contribution in [0, 0.1) is 12.8 Å². The van der Waals surface area contributed by atoms with Gasteiger partial charge in [-0.05, 0) is 83.2 Å². The Morgan fingerprint density at radius 1 is 0.812 bits per heavy atom. The van der Waals surface area contributed by atoms with Crippen molar-refractivity contribution in [1.29, 1.82) is 0 Å². The van der Waals surface area contributed by atoms with Crippen molar-refractivity contribution in [3.8, 4) is 16.2 Å². The van der Waals surface area contributed by atoms with E-state index in [0.29, 0.717) is 32.4 Å². The number of hydrogen-bond donors (Lipinski definition) is 3. The summed E-state index contributed by atoms with van der Waals surface area (Å²) >= 11 is 1.58. The number of β-amino-alcohol motifs (C(OH)–C–C–N with tert-alkyl or cyclic N) is 1. The molecule has 3 N–H and O–H groups in total. The number of aliphatic hydroxyl groups is 1. The number of hydrogen-bond acceptors (Lipinski definition) is 8. The molecule has 1 aliphatic rings. The van der Waals surface area contributed by atoms with Crippen LogP contribution in [-0.2, 0) is 25.7 Å². The molecule has 69 heavy (non-hydrogen) atoms. The van der Waals surface area contributed by atoms with Gasteiger partial charge >= 0.3 is 0 Å². The first-order chi connectivity index (χ1) is 33.4. The molecule has 4 amide bonds. The highest BCUT2D eigenvalue weighted by molar-refractivity contribution is 7.13. The summed E-state index contributed by atoms with van der Waals surface area (Å²) in [6.07, 6.45) is 7.46. The molecule has 1 aliphatic heterocycles. The van der Waals surface area contributed by atoms with Crippen LogP contribution in [0.4, 0.5) is 0 Å². The topological polar surface area (TPSA) is 141 Å². The fourth-order valence-electron chi connectivity index (χ4n) is 8.97. The second-order valence-electron chi connectivity index (χ2n) is 18.5. The zero-order valence-electron chi connectivity index (χ0n) is 41.1. The van der Waals surface area contributed by atoms with Crippen LogP contribution in [0.2, 0.25) is 0 Å². The summed E-state index contributed by atoms with van der Waals surface area (Å²) in [5.74, 6) is -0.192. The van der Waals surface area contributed by atoms with E-state index in [-0.39, 0.29) is 49.1 Å². The second kappa shape index (κ2) is 26.6. The average molecular weight is 954 g/mol. The Morgan fingerprint density at radius 3 is 2.03 bits per heavy atom. The average Bonchev–Trinajstić information content (AvgIpc) is 3.99. The van der Waals surface area contributed by atoms with Gasteiger partial charge < -0.3 is 30.3 Å². The lowest BCUT2D eigenvalue weighted by Gasteiger charge is -2.30. The normalized spacial score (nSPS) is 15.4. The summed E-state index contributed by atoms with van der Waals surface area (Å²) in [7, 11) is 1.83. The Labute approximate surface area is 413 Å². The van der Waals surface area contributed by atoms with E-state index in [4.69, 9.17) is 4.74 Å². The third kappa shape index (κ3) is 15.2. The molecule has 11 nitrogen and oxygen atoms in total. The van der Waals surface area contributed by atoms with Crippen molar-refractivity contribution >= 4 is 46.1 Å². The molecule has 1 aromatic heterocycles. The summed E-state index contributed by atoms with van der Waals surface area (Å²) < 4.78 is 6.08. The standard InChI is InChI=1S/C57H71N5O6S/c1-6-49(43-20-14-12-15-21-43)53(44-22-16-13-17-23-44)45-30-32-48(33-31-45)68-35-34-61(5)52(65)25-19-11-9-7-8-10-18-24-51(64)60-54(40(2)3)57(67)62-38-47(63)36-50(62)56(66)58-37-42-26-28-46(29-27-42)55-41(4)59-39-69-55/h12-17,20-23,26-33,39-40,47,50,54,63H,6-11,18-19,24-25,34-38H2,1-5H3,(H,58,66)(H,60,64)/b53-49-/t47-,50+,54+/m1/s1. The van der Waals surface area contributed by atoms with Gasteiger partial charge in [0.05, 0.1) is 28.7 Å². The number of rotatable bonds is 25. The monoisotopic (exact) mass is 954 g/mol. The molecule has 6 rings (SSSR count). The lowest BCUT2D eigenvalue weighted by molar-refractivity contribution is -0.142. The number of carbonyl (C=O) groups excluding carboxylic acids is 4. The van der Waals surface area contributed by atoms with E-state index >= 15 is 0 Å². The van der Waals surface area contributed by atoms with Crippen LogP contribution in [0.25, 0.3) is 21.6 Å². The maximum absolute atomic E-state index is 13.8. The molecule has 0 aliphatic carbocycles. The van der Waals surface area contributed by atoms with Crippen molar-refractivity contribution in [2.45, 2.75) is 123 Å². The predicted molar refractivity (Wildman–Crippen MR) is 277 cm³/mol. The number of unbranched alkanes of at least 4 members (excludes halogenated alkanes) is 6. The fraction of sp³-hybridized carbons (Fsp3) is 0.421. The van der Waals surface area contributed by atoms with E-state index in [1.807, 2.05) is 81.9 Å². The Balaban J connectivity index is 0.837.